The van der Waals surface area contributed by atoms with Gasteiger partial charge in [0.1, 0.15) is 32.4 Å². The molecule has 12 heteroatoms. The fourth-order valence-electron chi connectivity index (χ4n) is 9.66. The number of amidine groups is 6. The minimum atomic E-state index is 0.503. The third kappa shape index (κ3) is 6.37. The van der Waals surface area contributed by atoms with Crippen molar-refractivity contribution in [2.75, 3.05) is 7.05 Å². The van der Waals surface area contributed by atoms with Crippen LogP contribution in [0.2, 0.25) is 0 Å². The Hall–Kier alpha value is -9.16. The number of aromatic nitrogens is 4. The molecule has 0 aliphatic carbocycles. The molecule has 0 fully saturated rings. The Labute approximate surface area is 390 Å². The monoisotopic (exact) mass is 881 g/mol. The van der Waals surface area contributed by atoms with Crippen LogP contribution in [0.4, 0.5) is 5.82 Å². The Morgan fingerprint density at radius 2 is 0.882 bits per heavy atom. The summed E-state index contributed by atoms with van der Waals surface area (Å²) >= 11 is 0. The molecule has 1 N–H and O–H groups in total. The van der Waals surface area contributed by atoms with Crippen molar-refractivity contribution in [1.29, 1.82) is 0 Å². The Bertz CT molecular complexity index is 3970. The van der Waals surface area contributed by atoms with Gasteiger partial charge in [0, 0.05) is 116 Å². The van der Waals surface area contributed by atoms with Crippen LogP contribution in [0.1, 0.15) is 33.4 Å². The van der Waals surface area contributed by atoms with Gasteiger partial charge in [-0.25, -0.2) is 48.6 Å². The standard InChI is InChI=1S/C56H41N12/c1-65-25-9-5-13-45(65)33-17-21-37-41(29-33)53-57-49(37)62-54-43-31-35(47-15-7-11-27-67(47)3)19-23-39(43)51(59-54)64-56-44-32-36(48-16-8-12-28-68(48)4)20-24-40(44)52(60-56)63-55-42-30-34(46-14-6-10-26-66(46)2)18-22-38(42)50(58-55)61-53/h5-32H,1-4H3,(H,57,58,59,60,61,62,63,64)/q+3. The number of likely N-dealkylation sites (N-methyl/N-ethyl adjacent to an activating group) is 1. The molecule has 4 aromatic carbocycles. The molecule has 0 saturated heterocycles. The Morgan fingerprint density at radius 3 is 1.35 bits per heavy atom. The quantitative estimate of drug-likeness (QED) is 0.197. The second-order valence-electron chi connectivity index (χ2n) is 17.4. The molecule has 0 spiro atoms. The molecular formula is C56H41N12+3. The van der Waals surface area contributed by atoms with E-state index in [1.165, 1.54) is 0 Å². The topological polar surface area (TPSA) is 117 Å². The number of pyridine rings is 3. The van der Waals surface area contributed by atoms with Crippen LogP contribution in [0.25, 0.3) is 50.2 Å². The Balaban J connectivity index is 1.10. The first-order valence-corrected chi connectivity index (χ1v) is 22.5. The summed E-state index contributed by atoms with van der Waals surface area (Å²) in [6.07, 6.45) is 14.4. The highest BCUT2D eigenvalue weighted by atomic mass is 15.1. The molecule has 9 heterocycles. The van der Waals surface area contributed by atoms with Crippen molar-refractivity contribution in [2.45, 2.75) is 0 Å². The van der Waals surface area contributed by atoms with Crippen molar-refractivity contribution in [2.24, 2.45) is 56.1 Å². The van der Waals surface area contributed by atoms with Crippen molar-refractivity contribution in [3.05, 3.63) is 214 Å². The molecule has 0 saturated carbocycles. The largest absolute Gasteiger partial charge is 0.351 e. The second kappa shape index (κ2) is 15.2. The number of hydrogen-bond acceptors (Lipinski definition) is 8. The van der Waals surface area contributed by atoms with Crippen molar-refractivity contribution >= 4 is 57.3 Å². The average Bonchev–Trinajstić information content (AvgIpc) is 4.09. The van der Waals surface area contributed by atoms with Gasteiger partial charge in [0.15, 0.2) is 53.6 Å². The first-order valence-electron chi connectivity index (χ1n) is 22.5. The maximum Gasteiger partial charge on any atom is 0.212 e. The number of allylic oxidation sites excluding steroid dienone is 2. The molecule has 0 radical (unpaired) electrons. The lowest BCUT2D eigenvalue weighted by Gasteiger charge is -2.18. The van der Waals surface area contributed by atoms with Crippen LogP contribution < -0.4 is 24.4 Å². The molecule has 4 aromatic heterocycles. The summed E-state index contributed by atoms with van der Waals surface area (Å²) in [4.78, 5) is 42.9. The van der Waals surface area contributed by atoms with Crippen LogP contribution in [-0.4, -0.2) is 51.9 Å². The van der Waals surface area contributed by atoms with Crippen LogP contribution in [0.15, 0.2) is 205 Å². The third-order valence-electron chi connectivity index (χ3n) is 13.2. The highest BCUT2D eigenvalue weighted by molar-refractivity contribution is 6.32. The van der Waals surface area contributed by atoms with E-state index in [4.69, 9.17) is 34.9 Å². The van der Waals surface area contributed by atoms with Gasteiger partial charge in [0.25, 0.3) is 0 Å². The maximum atomic E-state index is 5.38. The first kappa shape index (κ1) is 39.2. The number of aromatic amines is 1. The normalized spacial score (nSPS) is 16.0. The van der Waals surface area contributed by atoms with Crippen molar-refractivity contribution < 1.29 is 13.7 Å². The number of rotatable bonds is 3. The Kier molecular flexibility index (Phi) is 8.77. The number of benzene rings is 4. The number of aryl methyl sites for hydroxylation is 3. The van der Waals surface area contributed by atoms with E-state index in [1.807, 2.05) is 43.6 Å². The molecule has 5 aliphatic heterocycles. The van der Waals surface area contributed by atoms with Gasteiger partial charge in [-0.05, 0) is 102 Å². The van der Waals surface area contributed by atoms with Gasteiger partial charge in [-0.3, -0.25) is 0 Å². The number of H-pyrrole nitrogens is 1. The van der Waals surface area contributed by atoms with Gasteiger partial charge in [-0.15, -0.1) is 0 Å². The molecule has 322 valence electrons. The van der Waals surface area contributed by atoms with Gasteiger partial charge < -0.3 is 9.88 Å². The fourth-order valence-corrected chi connectivity index (χ4v) is 9.66. The molecule has 8 bridgehead atoms. The number of nitrogens with one attached hydrogen (secondary N) is 1. The first-order chi connectivity index (χ1) is 33.3. The molecule has 0 atom stereocenters. The van der Waals surface area contributed by atoms with Gasteiger partial charge >= 0.3 is 0 Å². The molecule has 0 unspecified atom stereocenters. The summed E-state index contributed by atoms with van der Waals surface area (Å²) in [7, 11) is 8.20. The van der Waals surface area contributed by atoms with Crippen LogP contribution in [0.5, 0.6) is 0 Å². The van der Waals surface area contributed by atoms with Gasteiger partial charge in [-0.1, -0.05) is 12.1 Å². The number of hydrogen-bond donors (Lipinski definition) is 1. The van der Waals surface area contributed by atoms with E-state index in [1.54, 1.807) is 0 Å². The minimum Gasteiger partial charge on any atom is -0.351 e. The van der Waals surface area contributed by atoms with Crippen LogP contribution in [0, 0.1) is 0 Å². The van der Waals surface area contributed by atoms with E-state index in [2.05, 4.69) is 179 Å². The lowest BCUT2D eigenvalue weighted by atomic mass is 10.0. The zero-order valence-electron chi connectivity index (χ0n) is 37.6. The van der Waals surface area contributed by atoms with Crippen LogP contribution in [-0.2, 0) is 21.1 Å². The molecule has 0 amide bonds. The zero-order chi connectivity index (χ0) is 45.6. The average molecular weight is 882 g/mol. The van der Waals surface area contributed by atoms with Gasteiger partial charge in [0.05, 0.1) is 0 Å². The summed E-state index contributed by atoms with van der Waals surface area (Å²) in [6, 6.07) is 44.1. The summed E-state index contributed by atoms with van der Waals surface area (Å²) < 4.78 is 6.34. The van der Waals surface area contributed by atoms with E-state index >= 15 is 0 Å². The second-order valence-corrected chi connectivity index (χ2v) is 17.4. The fraction of sp³-hybridized carbons (Fsp3) is 0.0714. The van der Waals surface area contributed by atoms with E-state index in [0.29, 0.717) is 46.3 Å². The Morgan fingerprint density at radius 1 is 0.426 bits per heavy atom. The molecule has 12 nitrogen and oxygen atoms in total. The maximum absolute atomic E-state index is 5.38. The summed E-state index contributed by atoms with van der Waals surface area (Å²) in [5, 5.41) is 2.83. The van der Waals surface area contributed by atoms with Crippen molar-refractivity contribution in [3.8, 4) is 33.8 Å². The summed E-state index contributed by atoms with van der Waals surface area (Å²) in [5.74, 6) is 3.70. The van der Waals surface area contributed by atoms with Crippen molar-refractivity contribution in [1.82, 2.24) is 9.88 Å². The van der Waals surface area contributed by atoms with E-state index in [-0.39, 0.29) is 0 Å². The molecule has 68 heavy (non-hydrogen) atoms. The lowest BCUT2D eigenvalue weighted by molar-refractivity contribution is -0.660. The highest BCUT2D eigenvalue weighted by Gasteiger charge is 2.31. The lowest BCUT2D eigenvalue weighted by Crippen LogP contribution is -2.29. The van der Waals surface area contributed by atoms with Crippen LogP contribution in [0.3, 0.4) is 0 Å². The highest BCUT2D eigenvalue weighted by Crippen LogP contribution is 2.34. The molecular weight excluding hydrogens is 841 g/mol. The summed E-state index contributed by atoms with van der Waals surface area (Å²) in [5.41, 5.74) is 13.0. The van der Waals surface area contributed by atoms with E-state index in [9.17, 15) is 0 Å². The number of nitrogens with zero attached hydrogens (tertiary/aromatic N) is 11. The van der Waals surface area contributed by atoms with Gasteiger partial charge in [0.2, 0.25) is 17.1 Å². The van der Waals surface area contributed by atoms with E-state index < -0.39 is 0 Å². The summed E-state index contributed by atoms with van der Waals surface area (Å²) in [6.45, 7) is 0. The third-order valence-corrected chi connectivity index (χ3v) is 13.2. The predicted molar refractivity (Wildman–Crippen MR) is 267 cm³/mol. The molecule has 5 aliphatic rings. The minimum absolute atomic E-state index is 0.503. The number of fused-ring (bicyclic) bond motifs is 17. The van der Waals surface area contributed by atoms with Crippen LogP contribution >= 0.6 is 0 Å². The SMILES string of the molecule is CN1C=CC=CC1=c1ccc2c3[nH]c(c2c1)=NC1=NC(=NC2=NC(=NC4=NC(=N3)c3cc(-c5cccc[n+]5C)ccc34)c3cc(-c4cccc[n+]4C)ccc32)c2cc(-c3cccc[n+]3C)ccc21. The molecule has 13 rings (SSSR count). The van der Waals surface area contributed by atoms with Crippen molar-refractivity contribution in [3.63, 3.8) is 0 Å². The smallest absolute Gasteiger partial charge is 0.212 e. The van der Waals surface area contributed by atoms with Gasteiger partial charge in [-0.2, -0.15) is 0 Å². The number of aliphatic imine (C=N–C) groups is 6. The van der Waals surface area contributed by atoms with E-state index in [0.717, 1.165) is 88.8 Å². The zero-order valence-corrected chi connectivity index (χ0v) is 37.6. The predicted octanol–water partition coefficient (Wildman–Crippen LogP) is 6.65. The molecule has 8 aromatic rings.